The minimum atomic E-state index is 0.936. The Morgan fingerprint density at radius 2 is 1.40 bits per heavy atom. The molecular weight excluding hydrogens is 362 g/mol. The Labute approximate surface area is 177 Å². The van der Waals surface area contributed by atoms with Crippen molar-refractivity contribution in [2.24, 2.45) is 5.73 Å². The van der Waals surface area contributed by atoms with Gasteiger partial charge in [-0.15, -0.1) is 0 Å². The highest BCUT2D eigenvalue weighted by Gasteiger charge is 2.18. The van der Waals surface area contributed by atoms with Gasteiger partial charge in [-0.1, -0.05) is 85.0 Å². The van der Waals surface area contributed by atoms with Gasteiger partial charge in [0, 0.05) is 5.70 Å². The number of rotatable bonds is 3. The van der Waals surface area contributed by atoms with E-state index in [1.165, 1.54) is 49.4 Å². The molecule has 30 heavy (non-hydrogen) atoms. The first-order valence-electron chi connectivity index (χ1n) is 10.5. The summed E-state index contributed by atoms with van der Waals surface area (Å²) in [6.45, 7) is 6.20. The lowest BCUT2D eigenvalue weighted by Crippen LogP contribution is -2.02. The van der Waals surface area contributed by atoms with Crippen LogP contribution in [-0.2, 0) is 0 Å². The van der Waals surface area contributed by atoms with Crippen LogP contribution >= 0.6 is 0 Å². The van der Waals surface area contributed by atoms with Crippen LogP contribution in [0.4, 0.5) is 0 Å². The molecule has 0 amide bonds. The van der Waals surface area contributed by atoms with Crippen molar-refractivity contribution < 1.29 is 0 Å². The van der Waals surface area contributed by atoms with E-state index in [1.54, 1.807) is 0 Å². The monoisotopic (exact) mass is 387 g/mol. The second-order valence-electron chi connectivity index (χ2n) is 8.12. The van der Waals surface area contributed by atoms with Gasteiger partial charge in [0.1, 0.15) is 0 Å². The molecular formula is C29H25N. The van der Waals surface area contributed by atoms with Crippen LogP contribution in [0, 0.1) is 0 Å². The van der Waals surface area contributed by atoms with Gasteiger partial charge in [-0.3, -0.25) is 0 Å². The zero-order chi connectivity index (χ0) is 20.7. The molecule has 146 valence electrons. The van der Waals surface area contributed by atoms with Crippen LogP contribution in [0.25, 0.3) is 43.8 Å². The Balaban J connectivity index is 1.92. The second-order valence-corrected chi connectivity index (χ2v) is 8.12. The maximum absolute atomic E-state index is 6.23. The van der Waals surface area contributed by atoms with Crippen molar-refractivity contribution in [1.29, 1.82) is 0 Å². The topological polar surface area (TPSA) is 26.0 Å². The lowest BCUT2D eigenvalue weighted by Gasteiger charge is -2.20. The molecule has 1 aliphatic carbocycles. The van der Waals surface area contributed by atoms with Gasteiger partial charge in [-0.25, -0.2) is 0 Å². The van der Waals surface area contributed by atoms with Crippen molar-refractivity contribution in [3.63, 3.8) is 0 Å². The highest BCUT2D eigenvalue weighted by molar-refractivity contribution is 6.19. The maximum atomic E-state index is 6.23. The second kappa shape index (κ2) is 7.35. The van der Waals surface area contributed by atoms with Crippen molar-refractivity contribution in [2.45, 2.75) is 19.8 Å². The summed E-state index contributed by atoms with van der Waals surface area (Å²) < 4.78 is 0. The molecule has 0 heterocycles. The molecule has 5 rings (SSSR count). The summed E-state index contributed by atoms with van der Waals surface area (Å²) in [5.74, 6) is 0. The molecule has 1 nitrogen and oxygen atoms in total. The molecule has 2 N–H and O–H groups in total. The third kappa shape index (κ3) is 3.04. The first-order valence-corrected chi connectivity index (χ1v) is 10.5. The predicted molar refractivity (Wildman–Crippen MR) is 131 cm³/mol. The maximum Gasteiger partial charge on any atom is 0.00896 e. The number of benzene rings is 4. The van der Waals surface area contributed by atoms with E-state index in [0.29, 0.717) is 0 Å². The highest BCUT2D eigenvalue weighted by Crippen LogP contribution is 2.43. The van der Waals surface area contributed by atoms with Gasteiger partial charge >= 0.3 is 0 Å². The fourth-order valence-corrected chi connectivity index (χ4v) is 4.59. The zero-order valence-electron chi connectivity index (χ0n) is 17.3. The van der Waals surface area contributed by atoms with Crippen LogP contribution in [0.15, 0.2) is 97.2 Å². The molecule has 0 radical (unpaired) electrons. The van der Waals surface area contributed by atoms with Crippen LogP contribution in [0.2, 0.25) is 0 Å². The van der Waals surface area contributed by atoms with Crippen LogP contribution < -0.4 is 5.73 Å². The first-order chi connectivity index (χ1) is 14.6. The van der Waals surface area contributed by atoms with Gasteiger partial charge in [0.25, 0.3) is 0 Å². The summed E-state index contributed by atoms with van der Waals surface area (Å²) in [5, 5.41) is 5.07. The molecule has 0 spiro atoms. The van der Waals surface area contributed by atoms with Gasteiger partial charge < -0.3 is 5.73 Å². The summed E-state index contributed by atoms with van der Waals surface area (Å²) >= 11 is 0. The minimum absolute atomic E-state index is 0.936. The third-order valence-corrected chi connectivity index (χ3v) is 6.00. The van der Waals surface area contributed by atoms with Gasteiger partial charge in [-0.05, 0) is 81.3 Å². The van der Waals surface area contributed by atoms with Gasteiger partial charge in [0.15, 0.2) is 0 Å². The third-order valence-electron chi connectivity index (χ3n) is 6.00. The summed E-state index contributed by atoms with van der Waals surface area (Å²) in [5.41, 5.74) is 14.5. The normalized spacial score (nSPS) is 13.9. The molecule has 1 aliphatic rings. The van der Waals surface area contributed by atoms with Crippen molar-refractivity contribution in [1.82, 2.24) is 0 Å². The molecule has 0 aliphatic heterocycles. The van der Waals surface area contributed by atoms with Crippen LogP contribution in [0.3, 0.4) is 0 Å². The van der Waals surface area contributed by atoms with E-state index in [1.807, 2.05) is 0 Å². The van der Waals surface area contributed by atoms with E-state index in [2.05, 4.69) is 98.5 Å². The van der Waals surface area contributed by atoms with Crippen LogP contribution in [0.5, 0.6) is 0 Å². The molecule has 0 fully saturated rings. The lowest BCUT2D eigenvalue weighted by atomic mass is 9.84. The van der Waals surface area contributed by atoms with Crippen molar-refractivity contribution in [3.05, 3.63) is 108 Å². The Bertz CT molecular complexity index is 1310. The highest BCUT2D eigenvalue weighted by atomic mass is 14.6. The largest absolute Gasteiger partial charge is 0.402 e. The predicted octanol–water partition coefficient (Wildman–Crippen LogP) is 7.71. The average Bonchev–Trinajstić information content (AvgIpc) is 2.77. The van der Waals surface area contributed by atoms with E-state index < -0.39 is 0 Å². The molecule has 0 aromatic heterocycles. The van der Waals surface area contributed by atoms with E-state index in [4.69, 9.17) is 5.73 Å². The summed E-state index contributed by atoms with van der Waals surface area (Å²) in [4.78, 5) is 0. The van der Waals surface area contributed by atoms with Crippen molar-refractivity contribution in [2.75, 3.05) is 0 Å². The summed E-state index contributed by atoms with van der Waals surface area (Å²) in [6.07, 6.45) is 6.40. The Kier molecular flexibility index (Phi) is 4.52. The number of hydrogen-bond acceptors (Lipinski definition) is 1. The van der Waals surface area contributed by atoms with Crippen molar-refractivity contribution in [3.8, 4) is 11.1 Å². The Morgan fingerprint density at radius 3 is 1.97 bits per heavy atom. The molecule has 4 aromatic carbocycles. The van der Waals surface area contributed by atoms with Gasteiger partial charge in [0.2, 0.25) is 0 Å². The van der Waals surface area contributed by atoms with Crippen LogP contribution in [-0.4, -0.2) is 0 Å². The SMILES string of the molecule is C=C(C)c1cccc(-c2c3ccccc3c(C3=CCCC(N)=C3)c3ccccc23)c1. The number of hydrogen-bond donors (Lipinski definition) is 1. The molecule has 1 heteroatoms. The van der Waals surface area contributed by atoms with Gasteiger partial charge in [-0.2, -0.15) is 0 Å². The Morgan fingerprint density at radius 1 is 0.800 bits per heavy atom. The smallest absolute Gasteiger partial charge is 0.00896 e. The van der Waals surface area contributed by atoms with Gasteiger partial charge in [0.05, 0.1) is 0 Å². The van der Waals surface area contributed by atoms with E-state index in [0.717, 1.165) is 24.1 Å². The summed E-state index contributed by atoms with van der Waals surface area (Å²) in [7, 11) is 0. The zero-order valence-corrected chi connectivity index (χ0v) is 17.3. The quantitative estimate of drug-likeness (QED) is 0.358. The number of fused-ring (bicyclic) bond motifs is 2. The standard InChI is InChI=1S/C29H25N/c1-19(2)20-9-7-10-21(17-20)28-24-13-3-5-15-26(24)29(22-11-8-12-23(30)18-22)27-16-6-4-14-25(27)28/h3-7,9-11,13-18H,1,8,12,30H2,2H3. The molecule has 0 unspecified atom stereocenters. The minimum Gasteiger partial charge on any atom is -0.402 e. The molecule has 0 saturated heterocycles. The molecule has 0 bridgehead atoms. The number of nitrogens with two attached hydrogens (primary N) is 1. The fraction of sp³-hybridized carbons (Fsp3) is 0.103. The molecule has 4 aromatic rings. The lowest BCUT2D eigenvalue weighted by molar-refractivity contribution is 0.949. The molecule has 0 saturated carbocycles. The average molecular weight is 388 g/mol. The number of allylic oxidation sites excluding steroid dienone is 5. The first kappa shape index (κ1) is 18.4. The Hall–Kier alpha value is -3.58. The van der Waals surface area contributed by atoms with E-state index in [9.17, 15) is 0 Å². The molecule has 0 atom stereocenters. The summed E-state index contributed by atoms with van der Waals surface area (Å²) in [6, 6.07) is 26.2. The van der Waals surface area contributed by atoms with E-state index in [-0.39, 0.29) is 0 Å². The fourth-order valence-electron chi connectivity index (χ4n) is 4.59. The van der Waals surface area contributed by atoms with Crippen LogP contribution in [0.1, 0.15) is 30.9 Å². The van der Waals surface area contributed by atoms with E-state index >= 15 is 0 Å². The van der Waals surface area contributed by atoms with Crippen molar-refractivity contribution >= 4 is 32.7 Å².